The minimum Gasteiger partial charge on any atom is -0.322 e. The summed E-state index contributed by atoms with van der Waals surface area (Å²) in [5, 5.41) is 1.74. The van der Waals surface area contributed by atoms with E-state index in [-0.39, 0.29) is 29.3 Å². The van der Waals surface area contributed by atoms with E-state index < -0.39 is 0 Å². The molecule has 2 heterocycles. The Balaban J connectivity index is 0.00000289. The summed E-state index contributed by atoms with van der Waals surface area (Å²) in [5.74, 6) is 0.239. The van der Waals surface area contributed by atoms with Gasteiger partial charge in [-0.15, -0.1) is 12.4 Å². The van der Waals surface area contributed by atoms with Gasteiger partial charge in [0.25, 0.3) is 0 Å². The van der Waals surface area contributed by atoms with E-state index in [1.54, 1.807) is 6.07 Å². The number of benzene rings is 3. The van der Waals surface area contributed by atoms with Gasteiger partial charge in [0, 0.05) is 45.7 Å². The molecule has 1 aliphatic heterocycles. The number of fused-ring (bicyclic) bond motifs is 1. The summed E-state index contributed by atoms with van der Waals surface area (Å²) in [5.41, 5.74) is 7.33. The third-order valence-electron chi connectivity index (χ3n) is 7.01. The van der Waals surface area contributed by atoms with Gasteiger partial charge in [0.1, 0.15) is 0 Å². The van der Waals surface area contributed by atoms with E-state index >= 15 is 0 Å². The smallest absolute Gasteiger partial charge is 0.248 e. The van der Waals surface area contributed by atoms with Gasteiger partial charge in [0.05, 0.1) is 0 Å². The molecule has 0 amide bonds. The number of halogens is 2. The summed E-state index contributed by atoms with van der Waals surface area (Å²) in [6.45, 7) is 6.58. The number of rotatable bonds is 5. The lowest BCUT2D eigenvalue weighted by Crippen LogP contribution is -2.29. The number of aromatic amines is 1. The summed E-state index contributed by atoms with van der Waals surface area (Å²) in [6.07, 6.45) is 4.65. The molecule has 3 aromatic carbocycles. The number of aromatic nitrogens is 1. The molecule has 35 heavy (non-hydrogen) atoms. The average Bonchev–Trinajstić information content (AvgIpc) is 3.25. The van der Waals surface area contributed by atoms with Gasteiger partial charge < -0.3 is 4.98 Å². The molecule has 2 unspecified atom stereocenters. The molecular formula is C30H28Cl2N2O. The Labute approximate surface area is 217 Å². The largest absolute Gasteiger partial charge is 0.322 e. The van der Waals surface area contributed by atoms with Crippen molar-refractivity contribution >= 4 is 41.1 Å². The zero-order chi connectivity index (χ0) is 23.9. The minimum absolute atomic E-state index is 0. The Morgan fingerprint density at radius 2 is 1.74 bits per heavy atom. The second-order valence-corrected chi connectivity index (χ2v) is 9.82. The van der Waals surface area contributed by atoms with E-state index in [9.17, 15) is 4.79 Å². The number of nitrogens with one attached hydrogen (secondary N) is 1. The Hall–Kier alpha value is -3.14. The number of allylic oxidation sites excluding steroid dienone is 1. The summed E-state index contributed by atoms with van der Waals surface area (Å²) in [4.78, 5) is 19.9. The summed E-state index contributed by atoms with van der Waals surface area (Å²) >= 11 is 6.22. The van der Waals surface area contributed by atoms with Crippen molar-refractivity contribution in [1.82, 2.24) is 4.98 Å². The van der Waals surface area contributed by atoms with E-state index in [2.05, 4.69) is 67.1 Å². The highest BCUT2D eigenvalue weighted by molar-refractivity contribution is 6.30. The lowest BCUT2D eigenvalue weighted by Gasteiger charge is -2.35. The fourth-order valence-electron chi connectivity index (χ4n) is 5.07. The molecule has 0 saturated carbocycles. The maximum atomic E-state index is 12.4. The van der Waals surface area contributed by atoms with Crippen LogP contribution in [0.25, 0.3) is 10.9 Å². The van der Waals surface area contributed by atoms with Gasteiger partial charge in [0.15, 0.2) is 0 Å². The molecule has 0 bridgehead atoms. The van der Waals surface area contributed by atoms with Crippen LogP contribution >= 0.6 is 24.0 Å². The molecule has 0 radical (unpaired) electrons. The quantitative estimate of drug-likeness (QED) is 0.303. The first-order valence-electron chi connectivity index (χ1n) is 11.6. The SMILES string of the molecule is Cc1ccc(C(C)(C2=CN=CC2C)c2ccc3[nH]c(=O)cc(Cc4cccc(Cl)c4)c3c2)cc1.Cl. The van der Waals surface area contributed by atoms with Crippen LogP contribution in [0.5, 0.6) is 0 Å². The van der Waals surface area contributed by atoms with Crippen molar-refractivity contribution in [2.45, 2.75) is 32.6 Å². The molecule has 0 spiro atoms. The molecule has 5 heteroatoms. The molecule has 0 fully saturated rings. The van der Waals surface area contributed by atoms with Crippen LogP contribution in [-0.2, 0) is 11.8 Å². The Kier molecular flexibility index (Phi) is 7.02. The number of hydrogen-bond acceptors (Lipinski definition) is 2. The summed E-state index contributed by atoms with van der Waals surface area (Å²) < 4.78 is 0. The molecule has 3 nitrogen and oxygen atoms in total. The molecule has 178 valence electrons. The Morgan fingerprint density at radius 3 is 2.43 bits per heavy atom. The van der Waals surface area contributed by atoms with Crippen molar-refractivity contribution < 1.29 is 0 Å². The second kappa shape index (κ2) is 9.85. The minimum atomic E-state index is -0.360. The predicted octanol–water partition coefficient (Wildman–Crippen LogP) is 7.41. The molecule has 4 aromatic rings. The van der Waals surface area contributed by atoms with E-state index in [1.807, 2.05) is 42.7 Å². The first-order valence-corrected chi connectivity index (χ1v) is 11.9. The zero-order valence-corrected chi connectivity index (χ0v) is 21.6. The van der Waals surface area contributed by atoms with E-state index in [0.717, 1.165) is 22.0 Å². The van der Waals surface area contributed by atoms with Gasteiger partial charge in [-0.1, -0.05) is 66.6 Å². The topological polar surface area (TPSA) is 45.2 Å². The molecule has 1 N–H and O–H groups in total. The highest BCUT2D eigenvalue weighted by Gasteiger charge is 2.37. The number of H-pyrrole nitrogens is 1. The second-order valence-electron chi connectivity index (χ2n) is 9.39. The lowest BCUT2D eigenvalue weighted by atomic mass is 9.67. The third-order valence-corrected chi connectivity index (χ3v) is 7.24. The highest BCUT2D eigenvalue weighted by Crippen LogP contribution is 2.44. The highest BCUT2D eigenvalue weighted by atomic mass is 35.5. The number of nitrogens with zero attached hydrogens (tertiary/aromatic N) is 1. The molecule has 0 saturated heterocycles. The van der Waals surface area contributed by atoms with Crippen LogP contribution in [0.3, 0.4) is 0 Å². The number of pyridine rings is 1. The van der Waals surface area contributed by atoms with Crippen molar-refractivity contribution in [2.75, 3.05) is 0 Å². The fourth-order valence-corrected chi connectivity index (χ4v) is 5.28. The maximum Gasteiger partial charge on any atom is 0.248 e. The Bertz CT molecular complexity index is 1500. The number of aryl methyl sites for hydroxylation is 1. The first kappa shape index (κ1) is 25.0. The molecule has 0 aliphatic carbocycles. The maximum absolute atomic E-state index is 12.4. The van der Waals surface area contributed by atoms with Gasteiger partial charge >= 0.3 is 0 Å². The summed E-state index contributed by atoms with van der Waals surface area (Å²) in [6, 6.07) is 24.7. The lowest BCUT2D eigenvalue weighted by molar-refractivity contribution is 0.623. The van der Waals surface area contributed by atoms with Gasteiger partial charge in [-0.2, -0.15) is 0 Å². The third kappa shape index (κ3) is 4.71. The number of hydrogen-bond donors (Lipinski definition) is 1. The van der Waals surface area contributed by atoms with Crippen molar-refractivity contribution in [3.8, 4) is 0 Å². The fraction of sp³-hybridized carbons (Fsp3) is 0.200. The van der Waals surface area contributed by atoms with Gasteiger partial charge in [-0.3, -0.25) is 9.79 Å². The van der Waals surface area contributed by atoms with Crippen LogP contribution in [0.4, 0.5) is 0 Å². The predicted molar refractivity (Wildman–Crippen MR) is 149 cm³/mol. The average molecular weight is 503 g/mol. The molecule has 5 rings (SSSR count). The van der Waals surface area contributed by atoms with Crippen LogP contribution in [-0.4, -0.2) is 11.2 Å². The summed E-state index contributed by atoms with van der Waals surface area (Å²) in [7, 11) is 0. The van der Waals surface area contributed by atoms with Crippen LogP contribution < -0.4 is 5.56 Å². The van der Waals surface area contributed by atoms with Crippen LogP contribution in [0, 0.1) is 12.8 Å². The van der Waals surface area contributed by atoms with Gasteiger partial charge in [0.2, 0.25) is 5.56 Å². The van der Waals surface area contributed by atoms with Crippen molar-refractivity contribution in [3.63, 3.8) is 0 Å². The van der Waals surface area contributed by atoms with Gasteiger partial charge in [-0.05, 0) is 72.4 Å². The van der Waals surface area contributed by atoms with Crippen LogP contribution in [0.2, 0.25) is 5.02 Å². The molecular weight excluding hydrogens is 475 g/mol. The standard InChI is InChI=1S/C30H27ClN2O.ClH/c1-19-7-9-23(10-8-19)30(3,27-18-32-17-20(27)2)24-11-12-28-26(16-24)22(15-29(34)33-28)13-21-5-4-6-25(31)14-21;/h4-12,14-18,20H,13H2,1-3H3,(H,33,34);1H. The normalized spacial score (nSPS) is 16.6. The van der Waals surface area contributed by atoms with Crippen molar-refractivity contribution in [3.05, 3.63) is 128 Å². The molecule has 1 aliphatic rings. The first-order chi connectivity index (χ1) is 16.3. The monoisotopic (exact) mass is 502 g/mol. The molecule has 1 aromatic heterocycles. The van der Waals surface area contributed by atoms with Crippen molar-refractivity contribution in [2.24, 2.45) is 10.9 Å². The van der Waals surface area contributed by atoms with Gasteiger partial charge in [-0.25, -0.2) is 0 Å². The van der Waals surface area contributed by atoms with Crippen LogP contribution in [0.15, 0.2) is 94.4 Å². The van der Waals surface area contributed by atoms with E-state index in [0.29, 0.717) is 11.4 Å². The zero-order valence-electron chi connectivity index (χ0n) is 20.0. The molecule has 2 atom stereocenters. The van der Waals surface area contributed by atoms with E-state index in [4.69, 9.17) is 11.6 Å². The Morgan fingerprint density at radius 1 is 1.00 bits per heavy atom. The van der Waals surface area contributed by atoms with Crippen LogP contribution in [0.1, 0.15) is 41.7 Å². The van der Waals surface area contributed by atoms with Crippen molar-refractivity contribution in [1.29, 1.82) is 0 Å². The van der Waals surface area contributed by atoms with E-state index in [1.165, 1.54) is 22.3 Å². The number of aliphatic imine (C=N–C) groups is 1.